The summed E-state index contributed by atoms with van der Waals surface area (Å²) in [6, 6.07) is 3.85. The number of allylic oxidation sites excluding steroid dienone is 1. The zero-order valence-corrected chi connectivity index (χ0v) is 9.32. The highest BCUT2D eigenvalue weighted by molar-refractivity contribution is 5.84. The molecule has 1 aromatic rings. The van der Waals surface area contributed by atoms with Crippen LogP contribution >= 0.6 is 0 Å². The van der Waals surface area contributed by atoms with Crippen LogP contribution in [0.1, 0.15) is 23.6 Å². The van der Waals surface area contributed by atoms with E-state index in [1.807, 2.05) is 12.1 Å². The van der Waals surface area contributed by atoms with E-state index in [0.29, 0.717) is 5.75 Å². The maximum atomic E-state index is 11.2. The highest BCUT2D eigenvalue weighted by Gasteiger charge is 2.15. The van der Waals surface area contributed by atoms with Gasteiger partial charge in [0, 0.05) is 6.08 Å². The molecule has 0 atom stereocenters. The van der Waals surface area contributed by atoms with Crippen LogP contribution in [0.15, 0.2) is 30.9 Å². The summed E-state index contributed by atoms with van der Waals surface area (Å²) in [6.07, 6.45) is 7.21. The van der Waals surface area contributed by atoms with E-state index in [1.54, 1.807) is 0 Å². The number of esters is 1. The predicted molar refractivity (Wildman–Crippen MR) is 64.4 cm³/mol. The van der Waals surface area contributed by atoms with Gasteiger partial charge in [-0.15, -0.1) is 0 Å². The van der Waals surface area contributed by atoms with Crippen molar-refractivity contribution in [2.75, 3.05) is 0 Å². The third-order valence-corrected chi connectivity index (χ3v) is 2.77. The van der Waals surface area contributed by atoms with Gasteiger partial charge < -0.3 is 4.74 Å². The molecule has 0 aromatic heterocycles. The molecule has 82 valence electrons. The summed E-state index contributed by atoms with van der Waals surface area (Å²) in [4.78, 5) is 11.2. The van der Waals surface area contributed by atoms with E-state index in [4.69, 9.17) is 4.74 Å². The number of rotatable bonds is 3. The van der Waals surface area contributed by atoms with Crippen LogP contribution in [0.3, 0.4) is 0 Å². The van der Waals surface area contributed by atoms with Crippen LogP contribution in [0.5, 0.6) is 5.75 Å². The van der Waals surface area contributed by atoms with Gasteiger partial charge in [0.2, 0.25) is 0 Å². The average Bonchev–Trinajstić information content (AvgIpc) is 2.76. The Morgan fingerprint density at radius 2 is 2.38 bits per heavy atom. The number of benzene rings is 1. The van der Waals surface area contributed by atoms with E-state index < -0.39 is 5.97 Å². The molecule has 2 rings (SSSR count). The lowest BCUT2D eigenvalue weighted by Crippen LogP contribution is -2.06. The van der Waals surface area contributed by atoms with E-state index in [9.17, 15) is 4.79 Å². The maximum absolute atomic E-state index is 11.2. The lowest BCUT2D eigenvalue weighted by molar-refractivity contribution is -0.129. The third-order valence-electron chi connectivity index (χ3n) is 2.77. The van der Waals surface area contributed by atoms with Gasteiger partial charge in [0.05, 0.1) is 0 Å². The molecular formula is C14H14O2. The molecule has 1 aliphatic rings. The van der Waals surface area contributed by atoms with Crippen molar-refractivity contribution in [1.82, 2.24) is 0 Å². The summed E-state index contributed by atoms with van der Waals surface area (Å²) in [5.41, 5.74) is 3.63. The number of hydrogen-bond donors (Lipinski definition) is 0. The van der Waals surface area contributed by atoms with Crippen LogP contribution in [0.4, 0.5) is 0 Å². The Labute approximate surface area is 95.2 Å². The molecule has 0 radical (unpaired) electrons. The molecule has 0 saturated heterocycles. The molecular weight excluding hydrogens is 200 g/mol. The van der Waals surface area contributed by atoms with E-state index in [2.05, 4.69) is 25.7 Å². The summed E-state index contributed by atoms with van der Waals surface area (Å²) in [6.45, 7) is 5.47. The SMILES string of the molecule is C=CC(=O)Oc1ccc2c(c1CC)CC=C2. The Hall–Kier alpha value is -1.83. The van der Waals surface area contributed by atoms with E-state index in [-0.39, 0.29) is 0 Å². The minimum Gasteiger partial charge on any atom is -0.423 e. The second-order valence-corrected chi connectivity index (χ2v) is 3.70. The number of carbonyl (C=O) groups excluding carboxylic acids is 1. The molecule has 0 bridgehead atoms. The second-order valence-electron chi connectivity index (χ2n) is 3.70. The van der Waals surface area contributed by atoms with Crippen molar-refractivity contribution >= 4 is 12.0 Å². The van der Waals surface area contributed by atoms with Crippen LogP contribution in [0.25, 0.3) is 6.08 Å². The summed E-state index contributed by atoms with van der Waals surface area (Å²) in [7, 11) is 0. The molecule has 1 aliphatic carbocycles. The van der Waals surface area contributed by atoms with E-state index >= 15 is 0 Å². The summed E-state index contributed by atoms with van der Waals surface area (Å²) >= 11 is 0. The largest absolute Gasteiger partial charge is 0.423 e. The highest BCUT2D eigenvalue weighted by atomic mass is 16.5. The molecule has 0 saturated carbocycles. The first-order valence-corrected chi connectivity index (χ1v) is 5.41. The predicted octanol–water partition coefficient (Wildman–Crippen LogP) is 2.91. The van der Waals surface area contributed by atoms with E-state index in [0.717, 1.165) is 18.4 Å². The van der Waals surface area contributed by atoms with Gasteiger partial charge >= 0.3 is 5.97 Å². The molecule has 0 spiro atoms. The van der Waals surface area contributed by atoms with Gasteiger partial charge in [0.15, 0.2) is 0 Å². The summed E-state index contributed by atoms with van der Waals surface area (Å²) in [5.74, 6) is 0.260. The lowest BCUT2D eigenvalue weighted by Gasteiger charge is -2.12. The van der Waals surface area contributed by atoms with Crippen LogP contribution < -0.4 is 4.74 Å². The van der Waals surface area contributed by atoms with Crippen molar-refractivity contribution in [3.63, 3.8) is 0 Å². The highest BCUT2D eigenvalue weighted by Crippen LogP contribution is 2.31. The van der Waals surface area contributed by atoms with Crippen LogP contribution in [0.2, 0.25) is 0 Å². The molecule has 2 heteroatoms. The lowest BCUT2D eigenvalue weighted by atomic mass is 10.00. The molecule has 0 N–H and O–H groups in total. The van der Waals surface area contributed by atoms with Gasteiger partial charge in [-0.05, 0) is 35.6 Å². The first-order valence-electron chi connectivity index (χ1n) is 5.41. The van der Waals surface area contributed by atoms with Gasteiger partial charge in [0.25, 0.3) is 0 Å². The molecule has 0 aliphatic heterocycles. The van der Waals surface area contributed by atoms with Gasteiger partial charge in [-0.1, -0.05) is 31.7 Å². The van der Waals surface area contributed by atoms with E-state index in [1.165, 1.54) is 17.2 Å². The number of carbonyl (C=O) groups is 1. The zero-order chi connectivity index (χ0) is 11.5. The molecule has 0 fully saturated rings. The first-order chi connectivity index (χ1) is 7.76. The van der Waals surface area contributed by atoms with Gasteiger partial charge in [-0.25, -0.2) is 4.79 Å². The van der Waals surface area contributed by atoms with Crippen molar-refractivity contribution in [2.24, 2.45) is 0 Å². The minimum absolute atomic E-state index is 0.402. The fourth-order valence-corrected chi connectivity index (χ4v) is 2.02. The molecule has 0 heterocycles. The second kappa shape index (κ2) is 4.35. The Morgan fingerprint density at radius 3 is 3.06 bits per heavy atom. The molecule has 2 nitrogen and oxygen atoms in total. The van der Waals surface area contributed by atoms with Crippen molar-refractivity contribution in [3.05, 3.63) is 47.6 Å². The van der Waals surface area contributed by atoms with Crippen molar-refractivity contribution < 1.29 is 9.53 Å². The average molecular weight is 214 g/mol. The Balaban J connectivity index is 2.40. The monoisotopic (exact) mass is 214 g/mol. The molecule has 0 amide bonds. The molecule has 1 aromatic carbocycles. The fraction of sp³-hybridized carbons (Fsp3) is 0.214. The third kappa shape index (κ3) is 1.78. The van der Waals surface area contributed by atoms with Crippen LogP contribution in [-0.2, 0) is 17.6 Å². The van der Waals surface area contributed by atoms with Gasteiger partial charge in [-0.2, -0.15) is 0 Å². The zero-order valence-electron chi connectivity index (χ0n) is 9.32. The maximum Gasteiger partial charge on any atom is 0.335 e. The van der Waals surface area contributed by atoms with Crippen molar-refractivity contribution in [2.45, 2.75) is 19.8 Å². The number of fused-ring (bicyclic) bond motifs is 1. The molecule has 16 heavy (non-hydrogen) atoms. The Morgan fingerprint density at radius 1 is 1.56 bits per heavy atom. The Kier molecular flexibility index (Phi) is 2.91. The minimum atomic E-state index is -0.402. The normalized spacial score (nSPS) is 12.3. The quantitative estimate of drug-likeness (QED) is 0.439. The smallest absolute Gasteiger partial charge is 0.335 e. The van der Waals surface area contributed by atoms with Crippen LogP contribution in [-0.4, -0.2) is 5.97 Å². The van der Waals surface area contributed by atoms with Crippen molar-refractivity contribution in [3.8, 4) is 5.75 Å². The standard InChI is InChI=1S/C14H14O2/c1-3-11-12-7-5-6-10(12)8-9-13(11)16-14(15)4-2/h4-6,8-9H,2-3,7H2,1H3. The number of ether oxygens (including phenoxy) is 1. The topological polar surface area (TPSA) is 26.3 Å². The fourth-order valence-electron chi connectivity index (χ4n) is 2.02. The molecule has 0 unspecified atom stereocenters. The van der Waals surface area contributed by atoms with Crippen LogP contribution in [0, 0.1) is 0 Å². The number of hydrogen-bond acceptors (Lipinski definition) is 2. The summed E-state index contributed by atoms with van der Waals surface area (Å²) < 4.78 is 5.23. The van der Waals surface area contributed by atoms with Gasteiger partial charge in [0.1, 0.15) is 5.75 Å². The summed E-state index contributed by atoms with van der Waals surface area (Å²) in [5, 5.41) is 0. The Bertz CT molecular complexity index is 470. The first kappa shape index (κ1) is 10.7. The van der Waals surface area contributed by atoms with Crippen molar-refractivity contribution in [1.29, 1.82) is 0 Å². The van der Waals surface area contributed by atoms with Gasteiger partial charge in [-0.3, -0.25) is 0 Å².